The fraction of sp³-hybridized carbons (Fsp3) is 0. The summed E-state index contributed by atoms with van der Waals surface area (Å²) in [6.07, 6.45) is 0. The maximum atomic E-state index is 2.50. The van der Waals surface area contributed by atoms with Crippen LogP contribution in [0.2, 0.25) is 0 Å². The second-order valence-corrected chi connectivity index (χ2v) is 22.7. The van der Waals surface area contributed by atoms with Gasteiger partial charge in [-0.15, -0.1) is 0 Å². The van der Waals surface area contributed by atoms with Crippen LogP contribution in [0.25, 0.3) is 155 Å². The molecule has 0 bridgehead atoms. The Kier molecular flexibility index (Phi) is 13.3. The van der Waals surface area contributed by atoms with Gasteiger partial charge in [0.1, 0.15) is 0 Å². The minimum Gasteiger partial charge on any atom is -0.309 e. The van der Waals surface area contributed by atoms with Crippen molar-refractivity contribution in [3.05, 3.63) is 352 Å². The Hall–Kier alpha value is -11.6. The molecule has 0 saturated heterocycles. The average molecular weight is 1120 g/mol. The van der Waals surface area contributed by atoms with Crippen LogP contribution in [-0.4, -0.2) is 9.13 Å². The van der Waals surface area contributed by atoms with E-state index in [-0.39, 0.29) is 0 Å². The molecule has 2 nitrogen and oxygen atoms in total. The molecule has 0 spiro atoms. The van der Waals surface area contributed by atoms with E-state index in [1.54, 1.807) is 0 Å². The van der Waals surface area contributed by atoms with E-state index in [2.05, 4.69) is 361 Å². The van der Waals surface area contributed by atoms with Crippen molar-refractivity contribution in [1.82, 2.24) is 9.13 Å². The normalized spacial score (nSPS) is 11.4. The van der Waals surface area contributed by atoms with Gasteiger partial charge in [-0.25, -0.2) is 0 Å². The van der Waals surface area contributed by atoms with Crippen molar-refractivity contribution in [2.45, 2.75) is 0 Å². The molecule has 2 heteroatoms. The molecule has 0 radical (unpaired) electrons. The lowest BCUT2D eigenvalue weighted by molar-refractivity contribution is 1.13. The van der Waals surface area contributed by atoms with Crippen LogP contribution in [0, 0.1) is 0 Å². The summed E-state index contributed by atoms with van der Waals surface area (Å²) in [5, 5.41) is 4.67. The molecule has 88 heavy (non-hydrogen) atoms. The number of rotatable bonds is 12. The van der Waals surface area contributed by atoms with Gasteiger partial charge in [0, 0.05) is 33.3 Å². The Morgan fingerprint density at radius 2 is 0.443 bits per heavy atom. The van der Waals surface area contributed by atoms with Crippen molar-refractivity contribution < 1.29 is 0 Å². The van der Waals surface area contributed by atoms with E-state index in [1.165, 1.54) is 99.8 Å². The Balaban J connectivity index is 0.904. The SMILES string of the molecule is c1ccc(-c2cccc(-c3ccccc3)c2-c2ccc3c(c2)c(-c2ccccc2)c(-c2ccccc2)n3-c2ccc3cc(-n4c(-c5ccccc5)c(-c5ccccc5)c5cc(-c6c(-c7ccccc7)cccc6-c6ccccc6)ccc54)ccc3c2)cc1. The van der Waals surface area contributed by atoms with Gasteiger partial charge in [0.05, 0.1) is 22.4 Å². The third-order valence-electron chi connectivity index (χ3n) is 17.5. The van der Waals surface area contributed by atoms with Gasteiger partial charge in [0.2, 0.25) is 0 Å². The lowest BCUT2D eigenvalue weighted by atomic mass is 9.87. The predicted molar refractivity (Wildman–Crippen MR) is 372 cm³/mol. The minimum absolute atomic E-state index is 1.09. The molecule has 16 aromatic rings. The predicted octanol–water partition coefficient (Wildman–Crippen LogP) is 23.4. The fourth-order valence-corrected chi connectivity index (χ4v) is 13.6. The number of aromatic nitrogens is 2. The van der Waals surface area contributed by atoms with E-state index in [9.17, 15) is 0 Å². The first-order valence-electron chi connectivity index (χ1n) is 30.3. The smallest absolute Gasteiger partial charge is 0.0619 e. The van der Waals surface area contributed by atoms with Crippen LogP contribution < -0.4 is 0 Å². The average Bonchev–Trinajstić information content (AvgIpc) is 2.08. The summed E-state index contributed by atoms with van der Waals surface area (Å²) in [4.78, 5) is 0. The first kappa shape index (κ1) is 52.0. The quantitative estimate of drug-likeness (QED) is 0.115. The number of hydrogen-bond donors (Lipinski definition) is 0. The first-order chi connectivity index (χ1) is 43.7. The van der Waals surface area contributed by atoms with Crippen molar-refractivity contribution in [2.75, 3.05) is 0 Å². The summed E-state index contributed by atoms with van der Waals surface area (Å²) in [7, 11) is 0. The lowest BCUT2D eigenvalue weighted by Gasteiger charge is -2.17. The zero-order chi connectivity index (χ0) is 58.3. The highest BCUT2D eigenvalue weighted by atomic mass is 15.0. The summed E-state index contributed by atoms with van der Waals surface area (Å²) in [6.45, 7) is 0. The minimum atomic E-state index is 1.09. The maximum Gasteiger partial charge on any atom is 0.0619 e. The monoisotopic (exact) mass is 1120 g/mol. The summed E-state index contributed by atoms with van der Waals surface area (Å²) in [5.74, 6) is 0. The molecule has 0 saturated carbocycles. The standard InChI is InChI=1S/C86H58N2/c1-9-27-59(28-10-1)73-43-25-44-74(60-29-11-2-12-30-60)81(73)69-49-53-79-77(57-69)83(63-35-17-5-18-36-63)85(65-39-21-7-22-40-65)87(79)71-51-47-68-56-72(52-48-67(68)55-71)88-80-54-50-70(58-78(80)84(64-37-19-6-20-38-64)86(88)66-41-23-8-24-42-66)82-75(61-31-13-3-14-32-61)45-26-46-76(82)62-33-15-4-16-34-62/h1-58H. The summed E-state index contributed by atoms with van der Waals surface area (Å²) >= 11 is 0. The Labute approximate surface area is 513 Å². The molecule has 0 aliphatic heterocycles. The van der Waals surface area contributed by atoms with Gasteiger partial charge >= 0.3 is 0 Å². The molecular weight excluding hydrogens is 1060 g/mol. The summed E-state index contributed by atoms with van der Waals surface area (Å²) in [6, 6.07) is 129. The van der Waals surface area contributed by atoms with Gasteiger partial charge in [-0.3, -0.25) is 0 Å². The highest BCUT2D eigenvalue weighted by Crippen LogP contribution is 2.50. The van der Waals surface area contributed by atoms with Gasteiger partial charge < -0.3 is 9.13 Å². The van der Waals surface area contributed by atoms with Crippen molar-refractivity contribution in [1.29, 1.82) is 0 Å². The lowest BCUT2D eigenvalue weighted by Crippen LogP contribution is -1.99. The summed E-state index contributed by atoms with van der Waals surface area (Å²) in [5.41, 5.74) is 28.1. The first-order valence-corrected chi connectivity index (χ1v) is 30.3. The molecular formula is C86H58N2. The van der Waals surface area contributed by atoms with Gasteiger partial charge in [-0.1, -0.05) is 303 Å². The zero-order valence-electron chi connectivity index (χ0n) is 48.4. The third kappa shape index (κ3) is 9.24. The molecule has 0 fully saturated rings. The Morgan fingerprint density at radius 1 is 0.170 bits per heavy atom. The Bertz CT molecular complexity index is 4740. The van der Waals surface area contributed by atoms with Crippen molar-refractivity contribution in [3.63, 3.8) is 0 Å². The molecule has 14 aromatic carbocycles. The molecule has 412 valence electrons. The second kappa shape index (κ2) is 22.4. The van der Waals surface area contributed by atoms with Crippen LogP contribution in [0.15, 0.2) is 352 Å². The van der Waals surface area contributed by atoms with Crippen LogP contribution in [0.4, 0.5) is 0 Å². The summed E-state index contributed by atoms with van der Waals surface area (Å²) < 4.78 is 5.00. The number of hydrogen-bond acceptors (Lipinski definition) is 0. The number of benzene rings is 14. The van der Waals surface area contributed by atoms with E-state index in [1.807, 2.05) is 0 Å². The van der Waals surface area contributed by atoms with Crippen LogP contribution >= 0.6 is 0 Å². The fourth-order valence-electron chi connectivity index (χ4n) is 13.6. The molecule has 0 aliphatic carbocycles. The van der Waals surface area contributed by atoms with Crippen LogP contribution in [0.1, 0.15) is 0 Å². The van der Waals surface area contributed by atoms with Crippen LogP contribution in [0.3, 0.4) is 0 Å². The molecule has 16 rings (SSSR count). The topological polar surface area (TPSA) is 9.86 Å². The van der Waals surface area contributed by atoms with Gasteiger partial charge in [0.15, 0.2) is 0 Å². The molecule has 0 atom stereocenters. The molecule has 0 aliphatic rings. The van der Waals surface area contributed by atoms with Crippen molar-refractivity contribution >= 4 is 32.6 Å². The molecule has 2 aromatic heterocycles. The second-order valence-electron chi connectivity index (χ2n) is 22.7. The van der Waals surface area contributed by atoms with Crippen LogP contribution in [-0.2, 0) is 0 Å². The van der Waals surface area contributed by atoms with Crippen molar-refractivity contribution in [2.24, 2.45) is 0 Å². The maximum absolute atomic E-state index is 2.50. The van der Waals surface area contributed by atoms with E-state index >= 15 is 0 Å². The highest BCUT2D eigenvalue weighted by Gasteiger charge is 2.26. The van der Waals surface area contributed by atoms with E-state index < -0.39 is 0 Å². The zero-order valence-corrected chi connectivity index (χ0v) is 48.4. The highest BCUT2D eigenvalue weighted by molar-refractivity contribution is 6.11. The van der Waals surface area contributed by atoms with E-state index in [4.69, 9.17) is 0 Å². The molecule has 2 heterocycles. The Morgan fingerprint density at radius 3 is 0.739 bits per heavy atom. The van der Waals surface area contributed by atoms with Gasteiger partial charge in [-0.2, -0.15) is 0 Å². The van der Waals surface area contributed by atoms with Crippen molar-refractivity contribution in [3.8, 4) is 123 Å². The molecule has 0 N–H and O–H groups in total. The third-order valence-corrected chi connectivity index (χ3v) is 17.5. The van der Waals surface area contributed by atoms with Crippen LogP contribution in [0.5, 0.6) is 0 Å². The molecule has 0 amide bonds. The number of nitrogens with zero attached hydrogens (tertiary/aromatic N) is 2. The largest absolute Gasteiger partial charge is 0.309 e. The molecule has 0 unspecified atom stereocenters. The van der Waals surface area contributed by atoms with Gasteiger partial charge in [0.25, 0.3) is 0 Å². The number of fused-ring (bicyclic) bond motifs is 3. The van der Waals surface area contributed by atoms with E-state index in [0.717, 1.165) is 55.7 Å². The van der Waals surface area contributed by atoms with Gasteiger partial charge in [-0.05, 0) is 148 Å². The van der Waals surface area contributed by atoms with E-state index in [0.29, 0.717) is 0 Å².